The van der Waals surface area contributed by atoms with Crippen molar-refractivity contribution < 1.29 is 4.79 Å². The van der Waals surface area contributed by atoms with Gasteiger partial charge in [0.2, 0.25) is 5.82 Å². The first-order valence-corrected chi connectivity index (χ1v) is 7.74. The normalized spacial score (nSPS) is 10.9. The minimum Gasteiger partial charge on any atom is -0.351 e. The molecule has 4 rings (SSSR count). The number of fused-ring (bicyclic) bond motifs is 1. The fraction of sp³-hybridized carbons (Fsp3) is 0.118. The molecule has 25 heavy (non-hydrogen) atoms. The number of nitrogens with one attached hydrogen (secondary N) is 3. The zero-order valence-corrected chi connectivity index (χ0v) is 13.4. The van der Waals surface area contributed by atoms with Crippen LogP contribution in [0.15, 0.2) is 42.9 Å². The molecule has 124 valence electrons. The molecule has 1 aromatic carbocycles. The van der Waals surface area contributed by atoms with Crippen molar-refractivity contribution in [1.82, 2.24) is 35.5 Å². The van der Waals surface area contributed by atoms with Crippen molar-refractivity contribution in [2.45, 2.75) is 13.5 Å². The minimum absolute atomic E-state index is 0.202. The second kappa shape index (κ2) is 6.16. The molecule has 0 saturated heterocycles. The Kier molecular flexibility index (Phi) is 3.70. The molecule has 0 aliphatic heterocycles. The number of hydrogen-bond donors (Lipinski definition) is 3. The van der Waals surface area contributed by atoms with Crippen LogP contribution in [0.3, 0.4) is 0 Å². The summed E-state index contributed by atoms with van der Waals surface area (Å²) in [5, 5.41) is 10.7. The Morgan fingerprint density at radius 1 is 1.24 bits per heavy atom. The highest BCUT2D eigenvalue weighted by molar-refractivity contribution is 5.98. The van der Waals surface area contributed by atoms with Gasteiger partial charge < -0.3 is 10.3 Å². The number of aryl methyl sites for hydroxylation is 1. The second-order valence-corrected chi connectivity index (χ2v) is 5.65. The predicted molar refractivity (Wildman–Crippen MR) is 91.6 cm³/mol. The zero-order chi connectivity index (χ0) is 17.2. The summed E-state index contributed by atoms with van der Waals surface area (Å²) in [7, 11) is 0. The smallest absolute Gasteiger partial charge is 0.268 e. The van der Waals surface area contributed by atoms with E-state index in [0.717, 1.165) is 16.5 Å². The lowest BCUT2D eigenvalue weighted by atomic mass is 10.2. The van der Waals surface area contributed by atoms with Gasteiger partial charge in [0.1, 0.15) is 17.2 Å². The standard InChI is InChI=1S/C17H15N7O/c1-10-2-3-12-11(6-10)7-13(21-12)17(25)20-9-15-22-16(24-23-15)14-8-18-4-5-19-14/h2-8,21H,9H2,1H3,(H,20,25)(H,22,23,24). The molecule has 4 aromatic rings. The molecule has 8 heteroatoms. The number of aromatic nitrogens is 6. The molecule has 0 fully saturated rings. The topological polar surface area (TPSA) is 112 Å². The van der Waals surface area contributed by atoms with Gasteiger partial charge in [-0.2, -0.15) is 5.10 Å². The molecule has 1 amide bonds. The molecule has 0 radical (unpaired) electrons. The number of carbonyl (C=O) groups is 1. The number of H-pyrrole nitrogens is 2. The van der Waals surface area contributed by atoms with Crippen molar-refractivity contribution >= 4 is 16.8 Å². The largest absolute Gasteiger partial charge is 0.351 e. The Bertz CT molecular complexity index is 1040. The lowest BCUT2D eigenvalue weighted by Crippen LogP contribution is -2.23. The number of benzene rings is 1. The van der Waals surface area contributed by atoms with Gasteiger partial charge in [-0.3, -0.25) is 14.9 Å². The fourth-order valence-corrected chi connectivity index (χ4v) is 2.54. The van der Waals surface area contributed by atoms with Crippen molar-refractivity contribution in [3.63, 3.8) is 0 Å². The van der Waals surface area contributed by atoms with Crippen LogP contribution in [0.2, 0.25) is 0 Å². The van der Waals surface area contributed by atoms with E-state index in [0.29, 0.717) is 23.0 Å². The molecular formula is C17H15N7O. The third-order valence-electron chi connectivity index (χ3n) is 3.76. The molecule has 3 aromatic heterocycles. The summed E-state index contributed by atoms with van der Waals surface area (Å²) in [6, 6.07) is 7.84. The van der Waals surface area contributed by atoms with E-state index < -0.39 is 0 Å². The predicted octanol–water partition coefficient (Wildman–Crippen LogP) is 1.98. The van der Waals surface area contributed by atoms with E-state index in [1.54, 1.807) is 18.6 Å². The Morgan fingerprint density at radius 3 is 3.00 bits per heavy atom. The van der Waals surface area contributed by atoms with Crippen LogP contribution in [0.1, 0.15) is 21.9 Å². The van der Waals surface area contributed by atoms with E-state index >= 15 is 0 Å². The molecule has 3 N–H and O–H groups in total. The molecular weight excluding hydrogens is 318 g/mol. The van der Waals surface area contributed by atoms with Gasteiger partial charge in [0, 0.05) is 23.3 Å². The number of nitrogens with zero attached hydrogens (tertiary/aromatic N) is 4. The number of hydrogen-bond acceptors (Lipinski definition) is 5. The summed E-state index contributed by atoms with van der Waals surface area (Å²) in [5.41, 5.74) is 3.16. The summed E-state index contributed by atoms with van der Waals surface area (Å²) >= 11 is 0. The Morgan fingerprint density at radius 2 is 2.16 bits per heavy atom. The molecule has 3 heterocycles. The third kappa shape index (κ3) is 3.09. The van der Waals surface area contributed by atoms with Crippen molar-refractivity contribution in [2.24, 2.45) is 0 Å². The Hall–Kier alpha value is -3.55. The molecule has 0 atom stereocenters. The monoisotopic (exact) mass is 333 g/mol. The zero-order valence-electron chi connectivity index (χ0n) is 13.4. The number of rotatable bonds is 4. The quantitative estimate of drug-likeness (QED) is 0.528. The van der Waals surface area contributed by atoms with Crippen LogP contribution in [0, 0.1) is 6.92 Å². The molecule has 8 nitrogen and oxygen atoms in total. The van der Waals surface area contributed by atoms with Gasteiger partial charge in [-0.15, -0.1) is 0 Å². The molecule has 0 bridgehead atoms. The average Bonchev–Trinajstić information content (AvgIpc) is 3.27. The molecule has 0 spiro atoms. The van der Waals surface area contributed by atoms with Crippen LogP contribution >= 0.6 is 0 Å². The highest BCUT2D eigenvalue weighted by Gasteiger charge is 2.11. The van der Waals surface area contributed by atoms with Crippen LogP contribution in [-0.2, 0) is 6.54 Å². The maximum absolute atomic E-state index is 12.3. The molecule has 0 saturated carbocycles. The second-order valence-electron chi connectivity index (χ2n) is 5.65. The van der Waals surface area contributed by atoms with Gasteiger partial charge in [-0.1, -0.05) is 11.6 Å². The van der Waals surface area contributed by atoms with Crippen molar-refractivity contribution in [1.29, 1.82) is 0 Å². The number of amides is 1. The van der Waals surface area contributed by atoms with Gasteiger partial charge in [0.25, 0.3) is 5.91 Å². The van der Waals surface area contributed by atoms with Crippen molar-refractivity contribution in [3.05, 3.63) is 59.9 Å². The van der Waals surface area contributed by atoms with E-state index in [-0.39, 0.29) is 12.5 Å². The minimum atomic E-state index is -0.202. The van der Waals surface area contributed by atoms with Crippen molar-refractivity contribution in [3.8, 4) is 11.5 Å². The van der Waals surface area contributed by atoms with Gasteiger partial charge in [0.05, 0.1) is 12.7 Å². The van der Waals surface area contributed by atoms with Crippen LogP contribution < -0.4 is 5.32 Å². The Balaban J connectivity index is 1.45. The first-order chi connectivity index (χ1) is 12.2. The maximum atomic E-state index is 12.3. The number of carbonyl (C=O) groups excluding carboxylic acids is 1. The van der Waals surface area contributed by atoms with Crippen molar-refractivity contribution in [2.75, 3.05) is 0 Å². The molecule has 0 aliphatic rings. The first-order valence-electron chi connectivity index (χ1n) is 7.74. The van der Waals surface area contributed by atoms with E-state index in [1.807, 2.05) is 31.2 Å². The molecule has 0 aliphatic carbocycles. The van der Waals surface area contributed by atoms with Gasteiger partial charge in [0.15, 0.2) is 0 Å². The van der Waals surface area contributed by atoms with Gasteiger partial charge in [-0.25, -0.2) is 9.97 Å². The summed E-state index contributed by atoms with van der Waals surface area (Å²) in [5.74, 6) is 0.783. The summed E-state index contributed by atoms with van der Waals surface area (Å²) < 4.78 is 0. The van der Waals surface area contributed by atoms with E-state index in [2.05, 4.69) is 35.5 Å². The van der Waals surface area contributed by atoms with E-state index in [4.69, 9.17) is 0 Å². The summed E-state index contributed by atoms with van der Waals surface area (Å²) in [6.45, 7) is 2.26. The van der Waals surface area contributed by atoms with Gasteiger partial charge in [-0.05, 0) is 25.1 Å². The maximum Gasteiger partial charge on any atom is 0.268 e. The van der Waals surface area contributed by atoms with E-state index in [1.165, 1.54) is 0 Å². The Labute approximate surface area is 142 Å². The first kappa shape index (κ1) is 15.0. The highest BCUT2D eigenvalue weighted by atomic mass is 16.1. The fourth-order valence-electron chi connectivity index (χ4n) is 2.54. The number of aromatic amines is 2. The highest BCUT2D eigenvalue weighted by Crippen LogP contribution is 2.17. The average molecular weight is 333 g/mol. The van der Waals surface area contributed by atoms with Crippen LogP contribution in [-0.4, -0.2) is 36.0 Å². The van der Waals surface area contributed by atoms with Crippen LogP contribution in [0.25, 0.3) is 22.4 Å². The summed E-state index contributed by atoms with van der Waals surface area (Å²) in [4.78, 5) is 27.9. The lowest BCUT2D eigenvalue weighted by molar-refractivity contribution is 0.0946. The molecule has 0 unspecified atom stereocenters. The lowest BCUT2D eigenvalue weighted by Gasteiger charge is -2.00. The SMILES string of the molecule is Cc1ccc2[nH]c(C(=O)NCc3nc(-c4cnccn4)n[nH]3)cc2c1. The summed E-state index contributed by atoms with van der Waals surface area (Å²) in [6.07, 6.45) is 4.74. The third-order valence-corrected chi connectivity index (χ3v) is 3.76. The van der Waals surface area contributed by atoms with Crippen LogP contribution in [0.4, 0.5) is 0 Å². The van der Waals surface area contributed by atoms with Gasteiger partial charge >= 0.3 is 0 Å². The van der Waals surface area contributed by atoms with Crippen LogP contribution in [0.5, 0.6) is 0 Å². The van der Waals surface area contributed by atoms with E-state index in [9.17, 15) is 4.79 Å².